The maximum absolute atomic E-state index is 13.6. The maximum atomic E-state index is 13.6. The van der Waals surface area contributed by atoms with Crippen molar-refractivity contribution in [3.05, 3.63) is 70.9 Å². The van der Waals surface area contributed by atoms with Crippen molar-refractivity contribution < 1.29 is 19.1 Å². The Labute approximate surface area is 193 Å². The molecule has 2 aromatic carbocycles. The molecule has 7 nitrogen and oxygen atoms in total. The van der Waals surface area contributed by atoms with Crippen LogP contribution in [0.15, 0.2) is 59.8 Å². The van der Waals surface area contributed by atoms with Gasteiger partial charge in [0.1, 0.15) is 5.75 Å². The Kier molecular flexibility index (Phi) is 7.48. The lowest BCUT2D eigenvalue weighted by molar-refractivity contribution is -0.113. The molecule has 3 rings (SSSR count). The Morgan fingerprint density at radius 2 is 1.81 bits per heavy atom. The van der Waals surface area contributed by atoms with Crippen LogP contribution in [0.4, 0.5) is 5.69 Å². The molecule has 0 bridgehead atoms. The first kappa shape index (κ1) is 23.3. The Morgan fingerprint density at radius 3 is 2.50 bits per heavy atom. The highest BCUT2D eigenvalue weighted by Gasteiger charge is 2.35. The number of hydrogen-bond acceptors (Lipinski definition) is 5. The van der Waals surface area contributed by atoms with Crippen LogP contribution in [0.25, 0.3) is 0 Å². The van der Waals surface area contributed by atoms with Crippen molar-refractivity contribution in [2.75, 3.05) is 26.1 Å². The van der Waals surface area contributed by atoms with Crippen molar-refractivity contribution >= 4 is 34.9 Å². The average molecular weight is 454 g/mol. The van der Waals surface area contributed by atoms with Gasteiger partial charge in [0, 0.05) is 12.2 Å². The van der Waals surface area contributed by atoms with E-state index in [1.807, 2.05) is 36.9 Å². The number of nitrogens with one attached hydrogen (secondary N) is 2. The third-order valence-electron chi connectivity index (χ3n) is 5.32. The molecule has 1 heterocycles. The molecular weight excluding hydrogens is 426 g/mol. The van der Waals surface area contributed by atoms with Crippen LogP contribution in [-0.2, 0) is 9.53 Å². The molecule has 1 aliphatic heterocycles. The fourth-order valence-electron chi connectivity index (χ4n) is 3.78. The molecule has 32 heavy (non-hydrogen) atoms. The van der Waals surface area contributed by atoms with Crippen LogP contribution in [0.2, 0.25) is 0 Å². The second kappa shape index (κ2) is 10.3. The number of amides is 1. The predicted molar refractivity (Wildman–Crippen MR) is 128 cm³/mol. The zero-order valence-electron chi connectivity index (χ0n) is 18.6. The number of nitrogens with zero attached hydrogens (tertiary/aromatic N) is 1. The number of esters is 1. The number of methoxy groups -OCH3 is 2. The summed E-state index contributed by atoms with van der Waals surface area (Å²) in [6.45, 7) is 4.57. The van der Waals surface area contributed by atoms with Gasteiger partial charge in [0.05, 0.1) is 37.1 Å². The minimum absolute atomic E-state index is 0.312. The minimum atomic E-state index is -0.624. The van der Waals surface area contributed by atoms with Gasteiger partial charge in [-0.2, -0.15) is 0 Å². The fourth-order valence-corrected chi connectivity index (χ4v) is 4.13. The van der Waals surface area contributed by atoms with E-state index in [-0.39, 0.29) is 5.91 Å². The van der Waals surface area contributed by atoms with Crippen LogP contribution in [0, 0.1) is 0 Å². The Bertz CT molecular complexity index is 1070. The zero-order valence-corrected chi connectivity index (χ0v) is 19.4. The molecule has 0 saturated carbocycles. The first-order valence-electron chi connectivity index (χ1n) is 10.3. The number of carbonyl (C=O) groups is 2. The van der Waals surface area contributed by atoms with Gasteiger partial charge in [0.25, 0.3) is 5.91 Å². The van der Waals surface area contributed by atoms with Crippen molar-refractivity contribution in [2.45, 2.75) is 26.3 Å². The molecule has 0 aliphatic carbocycles. The Morgan fingerprint density at radius 1 is 1.12 bits per heavy atom. The third-order valence-corrected chi connectivity index (χ3v) is 5.66. The van der Waals surface area contributed by atoms with Crippen molar-refractivity contribution in [1.82, 2.24) is 10.2 Å². The number of benzene rings is 2. The van der Waals surface area contributed by atoms with Crippen LogP contribution < -0.4 is 15.4 Å². The summed E-state index contributed by atoms with van der Waals surface area (Å²) in [5.41, 5.74) is 2.73. The lowest BCUT2D eigenvalue weighted by Gasteiger charge is -2.38. The third kappa shape index (κ3) is 4.60. The lowest BCUT2D eigenvalue weighted by Crippen LogP contribution is -2.48. The molecule has 1 unspecified atom stereocenters. The molecule has 168 valence electrons. The highest BCUT2D eigenvalue weighted by molar-refractivity contribution is 7.80. The quantitative estimate of drug-likeness (QED) is 0.484. The molecule has 1 amide bonds. The molecule has 0 fully saturated rings. The second-order valence-corrected chi connectivity index (χ2v) is 7.65. The summed E-state index contributed by atoms with van der Waals surface area (Å²) >= 11 is 5.61. The SMILES string of the molecule is CCCN1C(=S)NC(c2ccccc2C(=O)OC)C(C(=O)Nc2ccccc2OC)=C1C. The first-order chi connectivity index (χ1) is 15.4. The molecule has 0 saturated heterocycles. The number of para-hydroxylation sites is 2. The minimum Gasteiger partial charge on any atom is -0.495 e. The van der Waals surface area contributed by atoms with Gasteiger partial charge in [-0.25, -0.2) is 4.79 Å². The van der Waals surface area contributed by atoms with Gasteiger partial charge in [-0.15, -0.1) is 0 Å². The van der Waals surface area contributed by atoms with E-state index in [0.717, 1.165) is 12.1 Å². The zero-order chi connectivity index (χ0) is 23.3. The molecule has 2 aromatic rings. The van der Waals surface area contributed by atoms with Crippen LogP contribution >= 0.6 is 12.2 Å². The average Bonchev–Trinajstić information content (AvgIpc) is 2.81. The van der Waals surface area contributed by atoms with Crippen LogP contribution in [0.5, 0.6) is 5.75 Å². The summed E-state index contributed by atoms with van der Waals surface area (Å²) in [7, 11) is 2.88. The Hall–Kier alpha value is -3.39. The van der Waals surface area contributed by atoms with E-state index >= 15 is 0 Å². The molecule has 1 aliphatic rings. The van der Waals surface area contributed by atoms with E-state index in [9.17, 15) is 9.59 Å². The van der Waals surface area contributed by atoms with E-state index in [1.54, 1.807) is 37.4 Å². The monoisotopic (exact) mass is 453 g/mol. The van der Waals surface area contributed by atoms with Crippen molar-refractivity contribution in [1.29, 1.82) is 0 Å². The van der Waals surface area contributed by atoms with Gasteiger partial charge in [0.15, 0.2) is 5.11 Å². The number of rotatable bonds is 7. The summed E-state index contributed by atoms with van der Waals surface area (Å²) in [6, 6.07) is 13.6. The van der Waals surface area contributed by atoms with Gasteiger partial charge >= 0.3 is 5.97 Å². The van der Waals surface area contributed by atoms with E-state index in [0.29, 0.717) is 39.8 Å². The highest BCUT2D eigenvalue weighted by Crippen LogP contribution is 2.34. The summed E-state index contributed by atoms with van der Waals surface area (Å²) in [4.78, 5) is 27.9. The second-order valence-electron chi connectivity index (χ2n) is 7.27. The summed E-state index contributed by atoms with van der Waals surface area (Å²) in [5.74, 6) is -0.241. The number of allylic oxidation sites excluding steroid dienone is 1. The number of thiocarbonyl (C=S) groups is 1. The van der Waals surface area contributed by atoms with Gasteiger partial charge in [0.2, 0.25) is 0 Å². The first-order valence-corrected chi connectivity index (χ1v) is 10.7. The van der Waals surface area contributed by atoms with Crippen LogP contribution in [0.3, 0.4) is 0 Å². The van der Waals surface area contributed by atoms with Gasteiger partial charge in [-0.1, -0.05) is 37.3 Å². The van der Waals surface area contributed by atoms with Gasteiger partial charge in [-0.05, 0) is 49.3 Å². The molecule has 8 heteroatoms. The molecule has 1 atom stereocenters. The molecule has 0 radical (unpaired) electrons. The highest BCUT2D eigenvalue weighted by atomic mass is 32.1. The van der Waals surface area contributed by atoms with Gasteiger partial charge < -0.3 is 25.0 Å². The maximum Gasteiger partial charge on any atom is 0.338 e. The number of hydrogen-bond donors (Lipinski definition) is 2. The van der Waals surface area contributed by atoms with Crippen LogP contribution in [0.1, 0.15) is 42.2 Å². The van der Waals surface area contributed by atoms with Crippen LogP contribution in [-0.4, -0.2) is 42.7 Å². The normalized spacial score (nSPS) is 15.8. The number of anilines is 1. The van der Waals surface area contributed by atoms with Gasteiger partial charge in [-0.3, -0.25) is 4.79 Å². The van der Waals surface area contributed by atoms with Crippen molar-refractivity contribution in [2.24, 2.45) is 0 Å². The lowest BCUT2D eigenvalue weighted by atomic mass is 9.90. The molecule has 0 aromatic heterocycles. The largest absolute Gasteiger partial charge is 0.495 e. The Balaban J connectivity index is 2.11. The number of ether oxygens (including phenoxy) is 2. The standard InChI is InChI=1S/C24H27N3O4S/c1-5-14-27-15(2)20(22(28)25-18-12-8-9-13-19(18)30-3)21(26-24(27)32)16-10-6-7-11-17(16)23(29)31-4/h6-13,21H,5,14H2,1-4H3,(H,25,28)(H,26,32). The summed E-state index contributed by atoms with van der Waals surface area (Å²) in [5, 5.41) is 6.72. The van der Waals surface area contributed by atoms with E-state index in [4.69, 9.17) is 21.7 Å². The summed E-state index contributed by atoms with van der Waals surface area (Å²) in [6.07, 6.45) is 0.851. The van der Waals surface area contributed by atoms with Crippen molar-refractivity contribution in [3.8, 4) is 5.75 Å². The summed E-state index contributed by atoms with van der Waals surface area (Å²) < 4.78 is 10.3. The van der Waals surface area contributed by atoms with E-state index in [2.05, 4.69) is 10.6 Å². The smallest absolute Gasteiger partial charge is 0.338 e. The fraction of sp³-hybridized carbons (Fsp3) is 0.292. The number of carbonyl (C=O) groups excluding carboxylic acids is 2. The molecule has 2 N–H and O–H groups in total. The van der Waals surface area contributed by atoms with Crippen molar-refractivity contribution in [3.63, 3.8) is 0 Å². The molecule has 0 spiro atoms. The van der Waals surface area contributed by atoms with E-state index < -0.39 is 12.0 Å². The topological polar surface area (TPSA) is 79.9 Å². The molecular formula is C24H27N3O4S. The van der Waals surface area contributed by atoms with E-state index in [1.165, 1.54) is 7.11 Å². The predicted octanol–water partition coefficient (Wildman–Crippen LogP) is 4.04.